The van der Waals surface area contributed by atoms with Gasteiger partial charge < -0.3 is 29.7 Å². The number of carbonyl (C=O) groups is 1. The maximum Gasteiger partial charge on any atom is 0.409 e. The fourth-order valence-corrected chi connectivity index (χ4v) is 4.58. The first-order valence-corrected chi connectivity index (χ1v) is 11.0. The number of aliphatic hydroxyl groups is 1. The Labute approximate surface area is 191 Å². The van der Waals surface area contributed by atoms with Crippen LogP contribution in [-0.4, -0.2) is 42.0 Å². The zero-order valence-electron chi connectivity index (χ0n) is 17.8. The summed E-state index contributed by atoms with van der Waals surface area (Å²) in [5.41, 5.74) is 2.05. The summed E-state index contributed by atoms with van der Waals surface area (Å²) in [7, 11) is 1.59. The molecule has 1 fully saturated rings. The quantitative estimate of drug-likeness (QED) is 0.466. The van der Waals surface area contributed by atoms with Gasteiger partial charge in [0.05, 0.1) is 25.3 Å². The summed E-state index contributed by atoms with van der Waals surface area (Å²) in [5, 5.41) is 25.0. The third-order valence-corrected chi connectivity index (χ3v) is 5.93. The number of amides is 1. The Hall–Kier alpha value is -2.84. The Morgan fingerprint density at radius 1 is 1.28 bits per heavy atom. The number of carboxylic acid groups (broad SMARTS) is 1. The minimum Gasteiger partial charge on any atom is -0.493 e. The predicted octanol–water partition coefficient (Wildman–Crippen LogP) is 4.17. The SMILES string of the molecule is COc1ccc(CC2(NC(=O)O)Nc3cc(Cl)cc(CCO)c3O2)cc1OC1CCCC1. The summed E-state index contributed by atoms with van der Waals surface area (Å²) in [5.74, 6) is 0.277. The van der Waals surface area contributed by atoms with Crippen LogP contribution in [0, 0.1) is 0 Å². The van der Waals surface area contributed by atoms with Gasteiger partial charge in [-0.3, -0.25) is 5.32 Å². The van der Waals surface area contributed by atoms with E-state index in [1.165, 1.54) is 0 Å². The van der Waals surface area contributed by atoms with E-state index in [-0.39, 0.29) is 19.1 Å². The van der Waals surface area contributed by atoms with Crippen molar-refractivity contribution >= 4 is 23.4 Å². The van der Waals surface area contributed by atoms with Gasteiger partial charge in [-0.25, -0.2) is 4.79 Å². The van der Waals surface area contributed by atoms with Gasteiger partial charge in [0.2, 0.25) is 0 Å². The molecule has 1 saturated carbocycles. The maximum absolute atomic E-state index is 11.6. The van der Waals surface area contributed by atoms with E-state index in [1.807, 2.05) is 18.2 Å². The van der Waals surface area contributed by atoms with Gasteiger partial charge in [0.15, 0.2) is 17.2 Å². The van der Waals surface area contributed by atoms with Crippen molar-refractivity contribution in [2.75, 3.05) is 19.0 Å². The number of hydrogen-bond donors (Lipinski definition) is 4. The highest BCUT2D eigenvalue weighted by atomic mass is 35.5. The average Bonchev–Trinajstić information content (AvgIpc) is 3.35. The molecule has 0 spiro atoms. The summed E-state index contributed by atoms with van der Waals surface area (Å²) in [6, 6.07) is 8.89. The molecule has 32 heavy (non-hydrogen) atoms. The van der Waals surface area contributed by atoms with Gasteiger partial charge in [-0.15, -0.1) is 0 Å². The Bertz CT molecular complexity index is 995. The standard InChI is InChI=1S/C23H27ClN2O6/c1-30-19-7-6-14(10-20(19)31-17-4-2-3-5-17)13-23(26-22(28)29)25-18-12-16(24)11-15(8-9-27)21(18)32-23/h6-7,10-12,17,25-27H,2-5,8-9,13H2,1H3,(H,28,29). The fraction of sp³-hybridized carbons (Fsp3) is 0.435. The Kier molecular flexibility index (Phi) is 6.53. The van der Waals surface area contributed by atoms with Crippen LogP contribution in [0.1, 0.15) is 36.8 Å². The number of hydrogen-bond acceptors (Lipinski definition) is 6. The van der Waals surface area contributed by atoms with Crippen molar-refractivity contribution in [3.8, 4) is 17.2 Å². The molecule has 2 aromatic rings. The van der Waals surface area contributed by atoms with Crippen LogP contribution < -0.4 is 24.8 Å². The third-order valence-electron chi connectivity index (χ3n) is 5.71. The monoisotopic (exact) mass is 462 g/mol. The number of halogens is 1. The molecule has 1 aliphatic heterocycles. The summed E-state index contributed by atoms with van der Waals surface area (Å²) in [6.45, 7) is -0.0875. The third kappa shape index (κ3) is 4.81. The lowest BCUT2D eigenvalue weighted by Gasteiger charge is -2.29. The van der Waals surface area contributed by atoms with Crippen LogP contribution in [0.15, 0.2) is 30.3 Å². The Morgan fingerprint density at radius 2 is 2.06 bits per heavy atom. The summed E-state index contributed by atoms with van der Waals surface area (Å²) in [6.07, 6.45) is 3.72. The molecule has 0 aromatic heterocycles. The number of rotatable bonds is 8. The minimum absolute atomic E-state index is 0.0875. The van der Waals surface area contributed by atoms with Crippen LogP contribution in [0.4, 0.5) is 10.5 Å². The molecule has 1 atom stereocenters. The lowest BCUT2D eigenvalue weighted by molar-refractivity contribution is 0.0747. The van der Waals surface area contributed by atoms with E-state index in [4.69, 9.17) is 25.8 Å². The highest BCUT2D eigenvalue weighted by Gasteiger charge is 2.42. The molecule has 4 rings (SSSR count). The van der Waals surface area contributed by atoms with Crippen molar-refractivity contribution < 1.29 is 29.2 Å². The molecule has 1 aliphatic carbocycles. The minimum atomic E-state index is -1.44. The highest BCUT2D eigenvalue weighted by Crippen LogP contribution is 2.43. The van der Waals surface area contributed by atoms with Crippen molar-refractivity contribution in [2.45, 2.75) is 50.5 Å². The normalized spacial score (nSPS) is 19.7. The van der Waals surface area contributed by atoms with Gasteiger partial charge >= 0.3 is 6.09 Å². The van der Waals surface area contributed by atoms with E-state index in [0.717, 1.165) is 31.2 Å². The van der Waals surface area contributed by atoms with Crippen molar-refractivity contribution in [2.24, 2.45) is 0 Å². The van der Waals surface area contributed by atoms with Crippen molar-refractivity contribution in [1.82, 2.24) is 5.32 Å². The smallest absolute Gasteiger partial charge is 0.409 e. The number of aliphatic hydroxyl groups excluding tert-OH is 1. The molecule has 8 nitrogen and oxygen atoms in total. The molecule has 1 heterocycles. The molecular weight excluding hydrogens is 436 g/mol. The number of methoxy groups -OCH3 is 1. The van der Waals surface area contributed by atoms with Gasteiger partial charge in [0.25, 0.3) is 5.85 Å². The zero-order chi connectivity index (χ0) is 22.7. The number of benzene rings is 2. The number of fused-ring (bicyclic) bond motifs is 1. The van der Waals surface area contributed by atoms with Crippen molar-refractivity contribution in [1.29, 1.82) is 0 Å². The van der Waals surface area contributed by atoms with E-state index < -0.39 is 11.9 Å². The van der Waals surface area contributed by atoms with E-state index in [2.05, 4.69) is 10.6 Å². The van der Waals surface area contributed by atoms with Crippen molar-refractivity contribution in [3.05, 3.63) is 46.5 Å². The number of anilines is 1. The summed E-state index contributed by atoms with van der Waals surface area (Å²) in [4.78, 5) is 11.6. The summed E-state index contributed by atoms with van der Waals surface area (Å²) < 4.78 is 17.8. The first kappa shape index (κ1) is 22.4. The molecular formula is C23H27ClN2O6. The zero-order valence-corrected chi connectivity index (χ0v) is 18.6. The second kappa shape index (κ2) is 9.34. The fourth-order valence-electron chi connectivity index (χ4n) is 4.34. The first-order valence-electron chi connectivity index (χ1n) is 10.7. The lowest BCUT2D eigenvalue weighted by atomic mass is 10.1. The largest absolute Gasteiger partial charge is 0.493 e. The van der Waals surface area contributed by atoms with Crippen LogP contribution >= 0.6 is 11.6 Å². The van der Waals surface area contributed by atoms with E-state index in [9.17, 15) is 15.0 Å². The van der Waals surface area contributed by atoms with Crippen LogP contribution in [-0.2, 0) is 12.8 Å². The summed E-state index contributed by atoms with van der Waals surface area (Å²) >= 11 is 6.21. The molecule has 172 valence electrons. The number of ether oxygens (including phenoxy) is 3. The second-order valence-corrected chi connectivity index (χ2v) is 8.52. The average molecular weight is 463 g/mol. The number of nitrogens with one attached hydrogen (secondary N) is 2. The van der Waals surface area contributed by atoms with Crippen molar-refractivity contribution in [3.63, 3.8) is 0 Å². The molecule has 1 unspecified atom stereocenters. The molecule has 4 N–H and O–H groups in total. The molecule has 9 heteroatoms. The van der Waals surface area contributed by atoms with Gasteiger partial charge in [0, 0.05) is 17.2 Å². The first-order chi connectivity index (χ1) is 15.4. The molecule has 0 radical (unpaired) electrons. The molecule has 2 aromatic carbocycles. The lowest BCUT2D eigenvalue weighted by Crippen LogP contribution is -2.57. The molecule has 2 aliphatic rings. The van der Waals surface area contributed by atoms with E-state index in [0.29, 0.717) is 39.9 Å². The topological polar surface area (TPSA) is 109 Å². The van der Waals surface area contributed by atoms with Gasteiger partial charge in [-0.1, -0.05) is 17.7 Å². The molecule has 0 bridgehead atoms. The van der Waals surface area contributed by atoms with E-state index in [1.54, 1.807) is 19.2 Å². The molecule has 0 saturated heterocycles. The Morgan fingerprint density at radius 3 is 2.75 bits per heavy atom. The second-order valence-electron chi connectivity index (χ2n) is 8.09. The Balaban J connectivity index is 1.63. The molecule has 1 amide bonds. The van der Waals surface area contributed by atoms with Crippen LogP contribution in [0.3, 0.4) is 0 Å². The van der Waals surface area contributed by atoms with Crippen LogP contribution in [0.5, 0.6) is 17.2 Å². The van der Waals surface area contributed by atoms with Gasteiger partial charge in [0.1, 0.15) is 0 Å². The highest BCUT2D eigenvalue weighted by molar-refractivity contribution is 6.31. The van der Waals surface area contributed by atoms with Gasteiger partial charge in [-0.05, 0) is 61.9 Å². The predicted molar refractivity (Wildman–Crippen MR) is 120 cm³/mol. The maximum atomic E-state index is 11.6. The van der Waals surface area contributed by atoms with Crippen LogP contribution in [0.25, 0.3) is 0 Å². The van der Waals surface area contributed by atoms with E-state index >= 15 is 0 Å². The van der Waals surface area contributed by atoms with Crippen LogP contribution in [0.2, 0.25) is 5.02 Å². The van der Waals surface area contributed by atoms with Gasteiger partial charge in [-0.2, -0.15) is 0 Å².